The fourth-order valence-corrected chi connectivity index (χ4v) is 1.47. The Morgan fingerprint density at radius 3 is 2.75 bits per heavy atom. The van der Waals surface area contributed by atoms with E-state index in [0.29, 0.717) is 19.1 Å². The maximum atomic E-state index is 12.5. The van der Waals surface area contributed by atoms with E-state index in [1.54, 1.807) is 0 Å². The Balaban J connectivity index is 1.82. The highest BCUT2D eigenvalue weighted by Gasteiger charge is 2.32. The molecule has 1 unspecified atom stereocenters. The molecule has 0 spiro atoms. The summed E-state index contributed by atoms with van der Waals surface area (Å²) >= 11 is 0. The summed E-state index contributed by atoms with van der Waals surface area (Å²) in [6.07, 6.45) is 2.19. The molecule has 1 atom stereocenters. The monoisotopic (exact) mass is 227 g/mol. The molecule has 2 rings (SSSR count). The minimum absolute atomic E-state index is 0.0383. The van der Waals surface area contributed by atoms with Crippen LogP contribution in [0.1, 0.15) is 13.8 Å². The van der Waals surface area contributed by atoms with Crippen LogP contribution in [0.15, 0.2) is 12.4 Å². The quantitative estimate of drug-likeness (QED) is 0.840. The van der Waals surface area contributed by atoms with E-state index in [1.807, 2.05) is 13.8 Å². The molecule has 1 fully saturated rings. The molecule has 1 aromatic rings. The Labute approximate surface area is 93.0 Å². The number of hydrogen-bond donors (Lipinski definition) is 1. The summed E-state index contributed by atoms with van der Waals surface area (Å²) < 4.78 is 23.5. The lowest BCUT2D eigenvalue weighted by molar-refractivity contribution is -0.136. The van der Waals surface area contributed by atoms with Crippen molar-refractivity contribution in [2.24, 2.45) is 0 Å². The summed E-state index contributed by atoms with van der Waals surface area (Å²) in [5.41, 5.74) is 0. The van der Waals surface area contributed by atoms with Gasteiger partial charge in [0.05, 0.1) is 19.0 Å². The van der Waals surface area contributed by atoms with Crippen molar-refractivity contribution in [2.75, 3.05) is 18.5 Å². The largest absolute Gasteiger partial charge is 0.352 e. The lowest BCUT2D eigenvalue weighted by Gasteiger charge is -2.17. The van der Waals surface area contributed by atoms with E-state index >= 15 is 0 Å². The Hall–Kier alpha value is -1.27. The van der Waals surface area contributed by atoms with Gasteiger partial charge in [-0.05, 0) is 13.8 Å². The molecule has 16 heavy (non-hydrogen) atoms. The first-order valence-electron chi connectivity index (χ1n) is 5.08. The first-order chi connectivity index (χ1) is 7.55. The lowest BCUT2D eigenvalue weighted by Crippen LogP contribution is -2.26. The van der Waals surface area contributed by atoms with Crippen molar-refractivity contribution in [2.45, 2.75) is 25.7 Å². The Morgan fingerprint density at radius 2 is 2.19 bits per heavy atom. The predicted molar refractivity (Wildman–Crippen MR) is 55.4 cm³/mol. The van der Waals surface area contributed by atoms with E-state index < -0.39 is 11.6 Å². The van der Waals surface area contributed by atoms with Gasteiger partial charge in [0.25, 0.3) is 0 Å². The van der Waals surface area contributed by atoms with Crippen LogP contribution in [-0.2, 0) is 9.47 Å². The summed E-state index contributed by atoms with van der Waals surface area (Å²) in [5.74, 6) is -0.599. The second-order valence-corrected chi connectivity index (χ2v) is 4.06. The molecule has 1 aromatic heterocycles. The number of nitrogens with one attached hydrogen (secondary N) is 1. The van der Waals surface area contributed by atoms with Gasteiger partial charge in [0.15, 0.2) is 11.6 Å². The van der Waals surface area contributed by atoms with Crippen molar-refractivity contribution in [3.05, 3.63) is 18.2 Å². The second kappa shape index (κ2) is 4.31. The fraction of sp³-hybridized carbons (Fsp3) is 0.600. The van der Waals surface area contributed by atoms with E-state index in [2.05, 4.69) is 15.3 Å². The minimum Gasteiger partial charge on any atom is -0.352 e. The molecule has 1 N–H and O–H groups in total. The van der Waals surface area contributed by atoms with Gasteiger partial charge in [-0.25, -0.2) is 14.4 Å². The topological polar surface area (TPSA) is 56.3 Å². The Morgan fingerprint density at radius 1 is 1.50 bits per heavy atom. The number of anilines is 1. The van der Waals surface area contributed by atoms with Crippen molar-refractivity contribution in [3.8, 4) is 0 Å². The first-order valence-corrected chi connectivity index (χ1v) is 5.08. The van der Waals surface area contributed by atoms with Crippen molar-refractivity contribution >= 4 is 5.95 Å². The maximum absolute atomic E-state index is 12.5. The molecule has 6 heteroatoms. The van der Waals surface area contributed by atoms with E-state index in [-0.39, 0.29) is 6.10 Å². The summed E-state index contributed by atoms with van der Waals surface area (Å²) in [4.78, 5) is 7.56. The van der Waals surface area contributed by atoms with Crippen LogP contribution in [-0.4, -0.2) is 35.0 Å². The van der Waals surface area contributed by atoms with Crippen LogP contribution < -0.4 is 5.32 Å². The Kier molecular flexibility index (Phi) is 3.02. The summed E-state index contributed by atoms with van der Waals surface area (Å²) in [6.45, 7) is 4.79. The van der Waals surface area contributed by atoms with Crippen molar-refractivity contribution in [1.82, 2.24) is 9.97 Å². The second-order valence-electron chi connectivity index (χ2n) is 4.06. The number of aromatic nitrogens is 2. The van der Waals surface area contributed by atoms with Crippen LogP contribution in [0.3, 0.4) is 0 Å². The highest BCUT2D eigenvalue weighted by molar-refractivity contribution is 5.22. The van der Waals surface area contributed by atoms with Gasteiger partial charge in [0, 0.05) is 6.54 Å². The summed E-state index contributed by atoms with van der Waals surface area (Å²) in [7, 11) is 0. The van der Waals surface area contributed by atoms with Crippen LogP contribution >= 0.6 is 0 Å². The van der Waals surface area contributed by atoms with E-state index in [9.17, 15) is 4.39 Å². The third-order valence-corrected chi connectivity index (χ3v) is 2.18. The number of nitrogens with zero attached hydrogens (tertiary/aromatic N) is 2. The molecule has 0 amide bonds. The van der Waals surface area contributed by atoms with Crippen LogP contribution in [0.2, 0.25) is 0 Å². The maximum Gasteiger partial charge on any atom is 0.222 e. The third kappa shape index (κ3) is 2.86. The van der Waals surface area contributed by atoms with Crippen molar-refractivity contribution < 1.29 is 13.9 Å². The number of rotatable bonds is 3. The van der Waals surface area contributed by atoms with Crippen molar-refractivity contribution in [1.29, 1.82) is 0 Å². The number of hydrogen-bond acceptors (Lipinski definition) is 5. The molecular weight excluding hydrogens is 213 g/mol. The highest BCUT2D eigenvalue weighted by atomic mass is 19.1. The molecular formula is C10H14FN3O2. The van der Waals surface area contributed by atoms with Gasteiger partial charge >= 0.3 is 0 Å². The van der Waals surface area contributed by atoms with Gasteiger partial charge < -0.3 is 14.8 Å². The molecule has 1 saturated heterocycles. The van der Waals surface area contributed by atoms with Crippen LogP contribution in [0.25, 0.3) is 0 Å². The molecule has 0 saturated carbocycles. The molecule has 1 aliphatic rings. The molecule has 1 aliphatic heterocycles. The van der Waals surface area contributed by atoms with Gasteiger partial charge in [-0.3, -0.25) is 0 Å². The summed E-state index contributed by atoms with van der Waals surface area (Å²) in [6, 6.07) is 0. The molecule has 5 nitrogen and oxygen atoms in total. The zero-order valence-electron chi connectivity index (χ0n) is 9.24. The Bertz CT molecular complexity index is 356. The predicted octanol–water partition coefficient (Wildman–Crippen LogP) is 1.18. The SMILES string of the molecule is CC1(C)OCC(CNc2ncc(F)cn2)O1. The van der Waals surface area contributed by atoms with Gasteiger partial charge in [0.1, 0.15) is 6.10 Å². The average Bonchev–Trinajstić information content (AvgIpc) is 2.58. The highest BCUT2D eigenvalue weighted by Crippen LogP contribution is 2.22. The zero-order chi connectivity index (χ0) is 11.6. The van der Waals surface area contributed by atoms with Gasteiger partial charge in [-0.1, -0.05) is 0 Å². The molecule has 0 radical (unpaired) electrons. The molecule has 0 bridgehead atoms. The van der Waals surface area contributed by atoms with Crippen molar-refractivity contribution in [3.63, 3.8) is 0 Å². The standard InChI is InChI=1S/C10H14FN3O2/c1-10(2)15-6-8(16-10)5-14-9-12-3-7(11)4-13-9/h3-4,8H,5-6H2,1-2H3,(H,12,13,14). The van der Waals surface area contributed by atoms with Gasteiger partial charge in [-0.15, -0.1) is 0 Å². The molecule has 2 heterocycles. The first kappa shape index (κ1) is 11.2. The summed E-state index contributed by atoms with van der Waals surface area (Å²) in [5, 5.41) is 2.96. The number of ether oxygens (including phenoxy) is 2. The number of halogens is 1. The smallest absolute Gasteiger partial charge is 0.222 e. The molecule has 0 aliphatic carbocycles. The van der Waals surface area contributed by atoms with E-state index in [1.165, 1.54) is 0 Å². The van der Waals surface area contributed by atoms with Gasteiger partial charge in [-0.2, -0.15) is 0 Å². The van der Waals surface area contributed by atoms with E-state index in [4.69, 9.17) is 9.47 Å². The third-order valence-electron chi connectivity index (χ3n) is 2.18. The van der Waals surface area contributed by atoms with Crippen LogP contribution in [0, 0.1) is 5.82 Å². The normalized spacial score (nSPS) is 23.3. The zero-order valence-corrected chi connectivity index (χ0v) is 9.24. The molecule has 88 valence electrons. The fourth-order valence-electron chi connectivity index (χ4n) is 1.47. The lowest BCUT2D eigenvalue weighted by atomic mass is 10.4. The minimum atomic E-state index is -0.532. The average molecular weight is 227 g/mol. The molecule has 0 aromatic carbocycles. The van der Waals surface area contributed by atoms with E-state index in [0.717, 1.165) is 12.4 Å². The van der Waals surface area contributed by atoms with Crippen LogP contribution in [0.4, 0.5) is 10.3 Å². The van der Waals surface area contributed by atoms with Crippen LogP contribution in [0.5, 0.6) is 0 Å². The van der Waals surface area contributed by atoms with Gasteiger partial charge in [0.2, 0.25) is 5.95 Å².